The van der Waals surface area contributed by atoms with Crippen LogP contribution in [0.15, 0.2) is 23.2 Å². The van der Waals surface area contributed by atoms with Gasteiger partial charge in [0.1, 0.15) is 10.7 Å². The van der Waals surface area contributed by atoms with Gasteiger partial charge in [0, 0.05) is 32.5 Å². The normalized spacial score (nSPS) is 11.5. The van der Waals surface area contributed by atoms with Crippen LogP contribution < -0.4 is 10.0 Å². The van der Waals surface area contributed by atoms with Gasteiger partial charge in [-0.3, -0.25) is 0 Å². The summed E-state index contributed by atoms with van der Waals surface area (Å²) in [6, 6.07) is 3.17. The molecule has 1 heterocycles. The topological polar surface area (TPSA) is 80.3 Å². The molecule has 1 aromatic rings. The van der Waals surface area contributed by atoms with E-state index in [4.69, 9.17) is 4.74 Å². The lowest BCUT2D eigenvalue weighted by molar-refractivity contribution is 0.146. The number of nitrogens with one attached hydrogen (secondary N) is 2. The first-order valence-corrected chi connectivity index (χ1v) is 8.36. The number of hydrogen-bond donors (Lipinski definition) is 2. The summed E-state index contributed by atoms with van der Waals surface area (Å²) in [5.41, 5.74) is 0. The molecule has 7 heteroatoms. The molecule has 0 spiro atoms. The zero-order chi connectivity index (χ0) is 14.8. The molecule has 6 nitrogen and oxygen atoms in total. The summed E-state index contributed by atoms with van der Waals surface area (Å²) < 4.78 is 32.2. The van der Waals surface area contributed by atoms with Gasteiger partial charge in [-0.15, -0.1) is 0 Å². The van der Waals surface area contributed by atoms with Gasteiger partial charge in [-0.2, -0.15) is 0 Å². The smallest absolute Gasteiger partial charge is 0.244 e. The van der Waals surface area contributed by atoms with Gasteiger partial charge in [-0.25, -0.2) is 18.1 Å². The van der Waals surface area contributed by atoms with Gasteiger partial charge in [-0.05, 0) is 31.9 Å². The fourth-order valence-corrected chi connectivity index (χ4v) is 2.79. The van der Waals surface area contributed by atoms with Crippen molar-refractivity contribution in [1.29, 1.82) is 0 Å². The molecule has 0 amide bonds. The van der Waals surface area contributed by atoms with E-state index in [1.807, 2.05) is 13.8 Å². The second-order valence-electron chi connectivity index (χ2n) is 4.23. The molecule has 0 bridgehead atoms. The van der Waals surface area contributed by atoms with E-state index in [2.05, 4.69) is 15.0 Å². The Kier molecular flexibility index (Phi) is 7.50. The average Bonchev–Trinajstić information content (AvgIpc) is 2.45. The van der Waals surface area contributed by atoms with Crippen molar-refractivity contribution in [2.75, 3.05) is 31.6 Å². The number of aromatic nitrogens is 1. The number of rotatable bonds is 10. The van der Waals surface area contributed by atoms with Crippen molar-refractivity contribution in [2.24, 2.45) is 0 Å². The predicted octanol–water partition coefficient (Wildman–Crippen LogP) is 1.61. The Morgan fingerprint density at radius 3 is 2.80 bits per heavy atom. The number of nitrogens with zero attached hydrogens (tertiary/aromatic N) is 1. The molecule has 0 aliphatic heterocycles. The van der Waals surface area contributed by atoms with E-state index in [0.717, 1.165) is 6.42 Å². The summed E-state index contributed by atoms with van der Waals surface area (Å²) in [6.07, 6.45) is 3.12. The predicted molar refractivity (Wildman–Crippen MR) is 79.3 cm³/mol. The van der Waals surface area contributed by atoms with Crippen LogP contribution in [0.4, 0.5) is 5.82 Å². The van der Waals surface area contributed by atoms with Crippen molar-refractivity contribution < 1.29 is 13.2 Å². The molecular weight excluding hydrogens is 278 g/mol. The van der Waals surface area contributed by atoms with Gasteiger partial charge in [0.2, 0.25) is 10.0 Å². The lowest BCUT2D eigenvalue weighted by Gasteiger charge is -2.11. The largest absolute Gasteiger partial charge is 0.382 e. The van der Waals surface area contributed by atoms with Crippen molar-refractivity contribution in [1.82, 2.24) is 9.71 Å². The van der Waals surface area contributed by atoms with Crippen LogP contribution in [0.25, 0.3) is 0 Å². The molecule has 0 radical (unpaired) electrons. The Balaban J connectivity index is 2.66. The molecular formula is C13H23N3O3S. The minimum atomic E-state index is -3.54. The fourth-order valence-electron chi connectivity index (χ4n) is 1.59. The first kappa shape index (κ1) is 16.9. The SMILES string of the molecule is CCCNc1ncccc1S(=O)(=O)NCCCOCC. The molecule has 0 fully saturated rings. The van der Waals surface area contributed by atoms with Crippen LogP contribution in [0.1, 0.15) is 26.7 Å². The van der Waals surface area contributed by atoms with Crippen molar-refractivity contribution in [3.63, 3.8) is 0 Å². The van der Waals surface area contributed by atoms with Crippen molar-refractivity contribution in [3.8, 4) is 0 Å². The lowest BCUT2D eigenvalue weighted by Crippen LogP contribution is -2.26. The molecule has 0 saturated carbocycles. The highest BCUT2D eigenvalue weighted by atomic mass is 32.2. The fraction of sp³-hybridized carbons (Fsp3) is 0.615. The Morgan fingerprint density at radius 2 is 2.10 bits per heavy atom. The second-order valence-corrected chi connectivity index (χ2v) is 5.96. The Labute approximate surface area is 121 Å². The molecule has 20 heavy (non-hydrogen) atoms. The van der Waals surface area contributed by atoms with E-state index >= 15 is 0 Å². The van der Waals surface area contributed by atoms with Gasteiger partial charge >= 0.3 is 0 Å². The minimum Gasteiger partial charge on any atom is -0.382 e. The molecule has 2 N–H and O–H groups in total. The standard InChI is InChI=1S/C13H23N3O3S/c1-3-8-14-13-12(7-5-9-15-13)20(17,18)16-10-6-11-19-4-2/h5,7,9,16H,3-4,6,8,10-11H2,1-2H3,(H,14,15). The first-order chi connectivity index (χ1) is 9.61. The van der Waals surface area contributed by atoms with Gasteiger partial charge in [0.15, 0.2) is 0 Å². The van der Waals surface area contributed by atoms with Crippen LogP contribution in [0, 0.1) is 0 Å². The van der Waals surface area contributed by atoms with Crippen LogP contribution in [-0.2, 0) is 14.8 Å². The third-order valence-corrected chi connectivity index (χ3v) is 4.06. The molecule has 0 aromatic carbocycles. The summed E-state index contributed by atoms with van der Waals surface area (Å²) in [4.78, 5) is 4.27. The summed E-state index contributed by atoms with van der Waals surface area (Å²) in [6.45, 7) is 6.14. The second kappa shape index (κ2) is 8.89. The molecule has 114 valence electrons. The number of anilines is 1. The highest BCUT2D eigenvalue weighted by molar-refractivity contribution is 7.89. The third-order valence-electron chi connectivity index (χ3n) is 2.56. The molecule has 0 aliphatic carbocycles. The van der Waals surface area contributed by atoms with Gasteiger partial charge < -0.3 is 10.1 Å². The zero-order valence-corrected chi connectivity index (χ0v) is 12.9. The molecule has 1 aromatic heterocycles. The van der Waals surface area contributed by atoms with Crippen molar-refractivity contribution in [3.05, 3.63) is 18.3 Å². The number of sulfonamides is 1. The molecule has 0 atom stereocenters. The van der Waals surface area contributed by atoms with E-state index in [1.54, 1.807) is 18.3 Å². The molecule has 1 rings (SSSR count). The summed E-state index contributed by atoms with van der Waals surface area (Å²) in [7, 11) is -3.54. The first-order valence-electron chi connectivity index (χ1n) is 6.88. The van der Waals surface area contributed by atoms with E-state index in [1.165, 1.54) is 0 Å². The Hall–Kier alpha value is -1.18. The third kappa shape index (κ3) is 5.44. The van der Waals surface area contributed by atoms with Crippen LogP contribution in [0.5, 0.6) is 0 Å². The highest BCUT2D eigenvalue weighted by Crippen LogP contribution is 2.17. The van der Waals surface area contributed by atoms with Crippen LogP contribution in [-0.4, -0.2) is 39.7 Å². The quantitative estimate of drug-likeness (QED) is 0.642. The van der Waals surface area contributed by atoms with E-state index in [9.17, 15) is 8.42 Å². The zero-order valence-electron chi connectivity index (χ0n) is 12.1. The van der Waals surface area contributed by atoms with Gasteiger partial charge in [0.25, 0.3) is 0 Å². The van der Waals surface area contributed by atoms with Crippen LogP contribution in [0.3, 0.4) is 0 Å². The monoisotopic (exact) mass is 301 g/mol. The van der Waals surface area contributed by atoms with Gasteiger partial charge in [0.05, 0.1) is 0 Å². The summed E-state index contributed by atoms with van der Waals surface area (Å²) in [5.74, 6) is 0.395. The number of pyridine rings is 1. The highest BCUT2D eigenvalue weighted by Gasteiger charge is 2.18. The van der Waals surface area contributed by atoms with Gasteiger partial charge in [-0.1, -0.05) is 6.92 Å². The van der Waals surface area contributed by atoms with Crippen molar-refractivity contribution in [2.45, 2.75) is 31.6 Å². The average molecular weight is 301 g/mol. The molecule has 0 saturated heterocycles. The maximum absolute atomic E-state index is 12.2. The molecule has 0 aliphatic rings. The van der Waals surface area contributed by atoms with Crippen LogP contribution in [0.2, 0.25) is 0 Å². The maximum atomic E-state index is 12.2. The lowest BCUT2D eigenvalue weighted by atomic mass is 10.4. The Bertz CT molecular complexity index is 491. The van der Waals surface area contributed by atoms with E-state index < -0.39 is 10.0 Å². The van der Waals surface area contributed by atoms with Crippen LogP contribution >= 0.6 is 0 Å². The van der Waals surface area contributed by atoms with E-state index in [-0.39, 0.29) is 4.90 Å². The van der Waals surface area contributed by atoms with E-state index in [0.29, 0.717) is 38.5 Å². The minimum absolute atomic E-state index is 0.185. The summed E-state index contributed by atoms with van der Waals surface area (Å²) >= 11 is 0. The number of ether oxygens (including phenoxy) is 1. The summed E-state index contributed by atoms with van der Waals surface area (Å²) in [5, 5.41) is 3.02. The maximum Gasteiger partial charge on any atom is 0.244 e. The number of hydrogen-bond acceptors (Lipinski definition) is 5. The molecule has 0 unspecified atom stereocenters. The van der Waals surface area contributed by atoms with Crippen molar-refractivity contribution >= 4 is 15.8 Å². The Morgan fingerprint density at radius 1 is 1.30 bits per heavy atom.